The summed E-state index contributed by atoms with van der Waals surface area (Å²) in [4.78, 5) is 24.1. The van der Waals surface area contributed by atoms with Gasteiger partial charge in [0.05, 0.1) is 32.8 Å². The van der Waals surface area contributed by atoms with Crippen molar-refractivity contribution in [2.75, 3.05) is 20.3 Å². The van der Waals surface area contributed by atoms with Crippen LogP contribution in [0.5, 0.6) is 0 Å². The fraction of sp³-hybridized carbons (Fsp3) is 0.733. The van der Waals surface area contributed by atoms with Gasteiger partial charge in [-0.3, -0.25) is 9.59 Å². The molecule has 1 aromatic carbocycles. The third-order valence-corrected chi connectivity index (χ3v) is 6.92. The van der Waals surface area contributed by atoms with Crippen LogP contribution in [0.2, 0.25) is 0 Å². The van der Waals surface area contributed by atoms with Gasteiger partial charge in [0.1, 0.15) is 12.2 Å². The topological polar surface area (TPSA) is 71.1 Å². The second-order valence-electron chi connectivity index (χ2n) is 10.2. The molecule has 0 saturated carbocycles. The van der Waals surface area contributed by atoms with Crippen molar-refractivity contribution in [1.82, 2.24) is 0 Å². The van der Waals surface area contributed by atoms with Crippen LogP contribution in [0.1, 0.15) is 109 Å². The average molecular weight is 505 g/mol. The number of rotatable bonds is 20. The zero-order valence-electron chi connectivity index (χ0n) is 22.6. The monoisotopic (exact) mass is 504 g/mol. The summed E-state index contributed by atoms with van der Waals surface area (Å²) in [7, 11) is 1.38. The fourth-order valence-electron chi connectivity index (χ4n) is 4.71. The standard InChI is InChI=1S/C30H48O6/c1-3-4-5-6-7-8-9-10-11-12-16-19-28(31)35-25-30(21-20-27(36-30)22-29(32)33-2)24-34-23-26-17-14-13-15-18-26/h13-15,17-18,27H,3-12,16,19-25H2,1-2H3/t27-,30-/m1/s1. The summed E-state index contributed by atoms with van der Waals surface area (Å²) in [6, 6.07) is 9.94. The zero-order valence-corrected chi connectivity index (χ0v) is 22.6. The summed E-state index contributed by atoms with van der Waals surface area (Å²) in [5.41, 5.74) is 0.352. The second-order valence-corrected chi connectivity index (χ2v) is 10.2. The van der Waals surface area contributed by atoms with Gasteiger partial charge in [0.15, 0.2) is 0 Å². The number of carbonyl (C=O) groups is 2. The molecule has 36 heavy (non-hydrogen) atoms. The van der Waals surface area contributed by atoms with E-state index in [2.05, 4.69) is 6.92 Å². The van der Waals surface area contributed by atoms with Crippen LogP contribution in [0.15, 0.2) is 30.3 Å². The van der Waals surface area contributed by atoms with E-state index in [0.717, 1.165) is 18.4 Å². The number of methoxy groups -OCH3 is 1. The molecule has 0 radical (unpaired) electrons. The van der Waals surface area contributed by atoms with Gasteiger partial charge in [-0.25, -0.2) is 0 Å². The fourth-order valence-corrected chi connectivity index (χ4v) is 4.71. The van der Waals surface area contributed by atoms with Crippen molar-refractivity contribution in [2.45, 2.75) is 122 Å². The lowest BCUT2D eigenvalue weighted by Gasteiger charge is -2.29. The molecule has 1 fully saturated rings. The lowest BCUT2D eigenvalue weighted by molar-refractivity contribution is -0.166. The average Bonchev–Trinajstić information content (AvgIpc) is 3.29. The van der Waals surface area contributed by atoms with Gasteiger partial charge in [-0.05, 0) is 24.8 Å². The lowest BCUT2D eigenvalue weighted by Crippen LogP contribution is -2.41. The first-order chi connectivity index (χ1) is 17.6. The van der Waals surface area contributed by atoms with E-state index in [1.807, 2.05) is 30.3 Å². The second kappa shape index (κ2) is 18.3. The Morgan fingerprint density at radius 1 is 0.889 bits per heavy atom. The minimum absolute atomic E-state index is 0.149. The van der Waals surface area contributed by atoms with Crippen molar-refractivity contribution >= 4 is 11.9 Å². The van der Waals surface area contributed by atoms with Gasteiger partial charge in [-0.15, -0.1) is 0 Å². The molecule has 6 nitrogen and oxygen atoms in total. The molecule has 1 aliphatic rings. The summed E-state index contributed by atoms with van der Waals surface area (Å²) >= 11 is 0. The largest absolute Gasteiger partial charge is 0.469 e. The van der Waals surface area contributed by atoms with Crippen molar-refractivity contribution in [3.05, 3.63) is 35.9 Å². The molecule has 0 aromatic heterocycles. The van der Waals surface area contributed by atoms with Crippen LogP contribution in [0.4, 0.5) is 0 Å². The van der Waals surface area contributed by atoms with E-state index in [1.54, 1.807) is 0 Å². The van der Waals surface area contributed by atoms with Crippen LogP contribution in [-0.4, -0.2) is 44.0 Å². The van der Waals surface area contributed by atoms with Crippen LogP contribution in [0.25, 0.3) is 0 Å². The van der Waals surface area contributed by atoms with Gasteiger partial charge in [0.25, 0.3) is 0 Å². The highest BCUT2D eigenvalue weighted by Crippen LogP contribution is 2.33. The normalized spacial score (nSPS) is 19.3. The van der Waals surface area contributed by atoms with Gasteiger partial charge < -0.3 is 18.9 Å². The van der Waals surface area contributed by atoms with Gasteiger partial charge in [-0.1, -0.05) is 101 Å². The van der Waals surface area contributed by atoms with Crippen molar-refractivity contribution in [1.29, 1.82) is 0 Å². The van der Waals surface area contributed by atoms with E-state index in [1.165, 1.54) is 64.9 Å². The Morgan fingerprint density at radius 2 is 1.53 bits per heavy atom. The van der Waals surface area contributed by atoms with Crippen LogP contribution in [0, 0.1) is 0 Å². The Balaban J connectivity index is 1.66. The van der Waals surface area contributed by atoms with Gasteiger partial charge in [0.2, 0.25) is 0 Å². The molecule has 204 valence electrons. The molecule has 0 unspecified atom stereocenters. The maximum atomic E-state index is 12.4. The smallest absolute Gasteiger partial charge is 0.308 e. The molecule has 0 aliphatic carbocycles. The van der Waals surface area contributed by atoms with Crippen LogP contribution in [-0.2, 0) is 35.1 Å². The Morgan fingerprint density at radius 3 is 2.17 bits per heavy atom. The summed E-state index contributed by atoms with van der Waals surface area (Å²) in [6.07, 6.45) is 15.5. The third-order valence-electron chi connectivity index (χ3n) is 6.92. The quantitative estimate of drug-likeness (QED) is 0.142. The van der Waals surface area contributed by atoms with Crippen molar-refractivity contribution < 1.29 is 28.5 Å². The number of esters is 2. The molecule has 0 bridgehead atoms. The SMILES string of the molecule is CCCCCCCCCCCCCC(=O)OC[C@]1(COCc2ccccc2)CC[C@H](CC(=O)OC)O1. The minimum atomic E-state index is -0.722. The molecule has 1 aliphatic heterocycles. The third kappa shape index (κ3) is 12.9. The Bertz CT molecular complexity index is 721. The summed E-state index contributed by atoms with van der Waals surface area (Å²) in [5.74, 6) is -0.483. The van der Waals surface area contributed by atoms with Crippen molar-refractivity contribution in [3.63, 3.8) is 0 Å². The molecule has 1 aromatic rings. The first-order valence-corrected chi connectivity index (χ1v) is 14.1. The lowest BCUT2D eigenvalue weighted by atomic mass is 10.0. The number of carbonyl (C=O) groups excluding carboxylic acids is 2. The number of hydrogen-bond acceptors (Lipinski definition) is 6. The van der Waals surface area contributed by atoms with Gasteiger partial charge in [-0.2, -0.15) is 0 Å². The molecular weight excluding hydrogens is 456 g/mol. The highest BCUT2D eigenvalue weighted by Gasteiger charge is 2.42. The molecule has 2 rings (SSSR count). The summed E-state index contributed by atoms with van der Waals surface area (Å²) in [5, 5.41) is 0. The molecule has 1 saturated heterocycles. The Hall–Kier alpha value is -1.92. The van der Waals surface area contributed by atoms with E-state index in [9.17, 15) is 9.59 Å². The highest BCUT2D eigenvalue weighted by molar-refractivity contribution is 5.70. The number of unbranched alkanes of at least 4 members (excludes halogenated alkanes) is 10. The van der Waals surface area contributed by atoms with Crippen LogP contribution < -0.4 is 0 Å². The Labute approximate surface area is 218 Å². The zero-order chi connectivity index (χ0) is 25.9. The molecule has 0 spiro atoms. The first kappa shape index (κ1) is 30.3. The molecule has 2 atom stereocenters. The molecule has 0 N–H and O–H groups in total. The molecule has 1 heterocycles. The van der Waals surface area contributed by atoms with Crippen molar-refractivity contribution in [2.24, 2.45) is 0 Å². The predicted octanol–water partition coefficient (Wildman–Crippen LogP) is 6.93. The number of benzene rings is 1. The van der Waals surface area contributed by atoms with Gasteiger partial charge >= 0.3 is 11.9 Å². The number of ether oxygens (including phenoxy) is 4. The predicted molar refractivity (Wildman–Crippen MR) is 142 cm³/mol. The van der Waals surface area contributed by atoms with Crippen LogP contribution in [0.3, 0.4) is 0 Å². The van der Waals surface area contributed by atoms with Crippen LogP contribution >= 0.6 is 0 Å². The molecule has 0 amide bonds. The Kier molecular flexibility index (Phi) is 15.4. The van der Waals surface area contributed by atoms with E-state index in [0.29, 0.717) is 32.5 Å². The van der Waals surface area contributed by atoms with Gasteiger partial charge in [0, 0.05) is 6.42 Å². The molecule has 6 heteroatoms. The minimum Gasteiger partial charge on any atom is -0.469 e. The van der Waals surface area contributed by atoms with E-state index >= 15 is 0 Å². The van der Waals surface area contributed by atoms with Crippen molar-refractivity contribution in [3.8, 4) is 0 Å². The summed E-state index contributed by atoms with van der Waals surface area (Å²) in [6.45, 7) is 3.17. The summed E-state index contributed by atoms with van der Waals surface area (Å²) < 4.78 is 22.6. The van der Waals surface area contributed by atoms with E-state index < -0.39 is 5.60 Å². The first-order valence-electron chi connectivity index (χ1n) is 14.1. The maximum Gasteiger partial charge on any atom is 0.308 e. The van der Waals surface area contributed by atoms with E-state index in [4.69, 9.17) is 18.9 Å². The highest BCUT2D eigenvalue weighted by atomic mass is 16.6. The van der Waals surface area contributed by atoms with E-state index in [-0.39, 0.29) is 31.1 Å². The maximum absolute atomic E-state index is 12.4. The number of hydrogen-bond donors (Lipinski definition) is 0. The molecular formula is C30H48O6.